The molecule has 5 heteroatoms. The first kappa shape index (κ1) is 15.7. The van der Waals surface area contributed by atoms with E-state index >= 15 is 0 Å². The van der Waals surface area contributed by atoms with E-state index in [1.807, 2.05) is 0 Å². The molecule has 1 aromatic heterocycles. The Hall–Kier alpha value is -1.36. The van der Waals surface area contributed by atoms with Gasteiger partial charge in [0.2, 0.25) is 5.91 Å². The van der Waals surface area contributed by atoms with E-state index in [0.29, 0.717) is 25.4 Å². The summed E-state index contributed by atoms with van der Waals surface area (Å²) in [6, 6.07) is 1.74. The van der Waals surface area contributed by atoms with Crippen LogP contribution in [0.1, 0.15) is 45.7 Å². The van der Waals surface area contributed by atoms with Gasteiger partial charge in [-0.1, -0.05) is 25.9 Å². The van der Waals surface area contributed by atoms with Gasteiger partial charge in [0.15, 0.2) is 0 Å². The summed E-state index contributed by atoms with van der Waals surface area (Å²) in [5.41, 5.74) is 6.56. The highest BCUT2D eigenvalue weighted by atomic mass is 16.5. The molecule has 0 bridgehead atoms. The molecule has 0 saturated carbocycles. The van der Waals surface area contributed by atoms with Crippen LogP contribution in [0.4, 0.5) is 0 Å². The number of amides is 1. The molecule has 0 aromatic carbocycles. The van der Waals surface area contributed by atoms with Crippen molar-refractivity contribution in [3.8, 4) is 0 Å². The topological polar surface area (TPSA) is 81.2 Å². The van der Waals surface area contributed by atoms with Crippen molar-refractivity contribution in [3.63, 3.8) is 0 Å². The Balaban J connectivity index is 2.31. The molecule has 1 amide bonds. The molecule has 0 aliphatic carbocycles. The van der Waals surface area contributed by atoms with Gasteiger partial charge < -0.3 is 15.6 Å². The molecular weight excluding hydrogens is 242 g/mol. The normalized spacial score (nSPS) is 13.3. The molecule has 0 aliphatic heterocycles. The highest BCUT2D eigenvalue weighted by Gasteiger charge is 2.24. The molecule has 0 aliphatic rings. The fourth-order valence-electron chi connectivity index (χ4n) is 2.12. The van der Waals surface area contributed by atoms with Gasteiger partial charge >= 0.3 is 0 Å². The third-order valence-electron chi connectivity index (χ3n) is 3.42. The van der Waals surface area contributed by atoms with Crippen molar-refractivity contribution in [1.29, 1.82) is 0 Å². The largest absolute Gasteiger partial charge is 0.364 e. The average Bonchev–Trinajstić information content (AvgIpc) is 2.83. The van der Waals surface area contributed by atoms with Crippen LogP contribution < -0.4 is 11.1 Å². The second-order valence-electron chi connectivity index (χ2n) is 5.95. The standard InChI is InChI=1S/C14H25N3O2/c1-14(2,3)11(6-8-15)4-5-13(18)16-10-12-7-9-19-17-12/h7,9,11H,4-6,8,10,15H2,1-3H3,(H,16,18). The van der Waals surface area contributed by atoms with Gasteiger partial charge in [-0.25, -0.2) is 0 Å². The molecule has 0 fully saturated rings. The number of hydrogen-bond donors (Lipinski definition) is 2. The molecule has 19 heavy (non-hydrogen) atoms. The Morgan fingerprint density at radius 2 is 2.21 bits per heavy atom. The molecule has 1 aromatic rings. The van der Waals surface area contributed by atoms with E-state index in [1.165, 1.54) is 6.26 Å². The third kappa shape index (κ3) is 5.87. The number of rotatable bonds is 7. The maximum Gasteiger partial charge on any atom is 0.220 e. The van der Waals surface area contributed by atoms with Crippen molar-refractivity contribution in [2.75, 3.05) is 6.54 Å². The first-order valence-electron chi connectivity index (χ1n) is 6.79. The fourth-order valence-corrected chi connectivity index (χ4v) is 2.12. The lowest BCUT2D eigenvalue weighted by Gasteiger charge is -2.30. The Bertz CT molecular complexity index is 369. The molecule has 0 radical (unpaired) electrons. The maximum absolute atomic E-state index is 11.8. The van der Waals surface area contributed by atoms with Crippen LogP contribution in [-0.4, -0.2) is 17.6 Å². The second-order valence-corrected chi connectivity index (χ2v) is 5.95. The molecule has 1 unspecified atom stereocenters. The lowest BCUT2D eigenvalue weighted by molar-refractivity contribution is -0.121. The van der Waals surface area contributed by atoms with Crippen molar-refractivity contribution >= 4 is 5.91 Å². The number of nitrogens with two attached hydrogens (primary N) is 1. The minimum Gasteiger partial charge on any atom is -0.364 e. The van der Waals surface area contributed by atoms with Crippen LogP contribution >= 0.6 is 0 Å². The van der Waals surface area contributed by atoms with Gasteiger partial charge in [-0.15, -0.1) is 0 Å². The van der Waals surface area contributed by atoms with E-state index in [-0.39, 0.29) is 11.3 Å². The van der Waals surface area contributed by atoms with Crippen LogP contribution in [0, 0.1) is 11.3 Å². The molecule has 1 rings (SSSR count). The highest BCUT2D eigenvalue weighted by Crippen LogP contribution is 2.31. The van der Waals surface area contributed by atoms with Crippen molar-refractivity contribution in [3.05, 3.63) is 18.0 Å². The number of aromatic nitrogens is 1. The zero-order valence-electron chi connectivity index (χ0n) is 12.1. The Morgan fingerprint density at radius 1 is 1.47 bits per heavy atom. The monoisotopic (exact) mass is 267 g/mol. The quantitative estimate of drug-likeness (QED) is 0.792. The number of hydrogen-bond acceptors (Lipinski definition) is 4. The van der Waals surface area contributed by atoms with Crippen LogP contribution in [0.2, 0.25) is 0 Å². The minimum absolute atomic E-state index is 0.0503. The SMILES string of the molecule is CC(C)(C)C(CCN)CCC(=O)NCc1ccon1. The predicted octanol–water partition coefficient (Wildman–Crippen LogP) is 2.08. The first-order chi connectivity index (χ1) is 8.93. The van der Waals surface area contributed by atoms with Crippen LogP contribution in [0.15, 0.2) is 16.9 Å². The molecule has 3 N–H and O–H groups in total. The van der Waals surface area contributed by atoms with E-state index < -0.39 is 0 Å². The Labute approximate surface area is 114 Å². The molecular formula is C14H25N3O2. The van der Waals surface area contributed by atoms with E-state index in [0.717, 1.165) is 18.5 Å². The summed E-state index contributed by atoms with van der Waals surface area (Å²) in [5, 5.41) is 6.59. The second kappa shape index (κ2) is 7.28. The summed E-state index contributed by atoms with van der Waals surface area (Å²) in [6.45, 7) is 7.68. The zero-order chi connectivity index (χ0) is 14.3. The van der Waals surface area contributed by atoms with Gasteiger partial charge in [-0.3, -0.25) is 4.79 Å². The van der Waals surface area contributed by atoms with Crippen LogP contribution in [0.25, 0.3) is 0 Å². The summed E-state index contributed by atoms with van der Waals surface area (Å²) in [7, 11) is 0. The summed E-state index contributed by atoms with van der Waals surface area (Å²) in [5.74, 6) is 0.518. The van der Waals surface area contributed by atoms with Crippen molar-refractivity contribution in [2.24, 2.45) is 17.1 Å². The Kier molecular flexibility index (Phi) is 6.02. The van der Waals surface area contributed by atoms with Crippen molar-refractivity contribution in [1.82, 2.24) is 10.5 Å². The zero-order valence-corrected chi connectivity index (χ0v) is 12.1. The number of carbonyl (C=O) groups is 1. The summed E-state index contributed by atoms with van der Waals surface area (Å²) in [6.07, 6.45) is 3.85. The summed E-state index contributed by atoms with van der Waals surface area (Å²) >= 11 is 0. The van der Waals surface area contributed by atoms with Crippen molar-refractivity contribution < 1.29 is 9.32 Å². The predicted molar refractivity (Wildman–Crippen MR) is 74.2 cm³/mol. The van der Waals surface area contributed by atoms with Gasteiger partial charge in [0.25, 0.3) is 0 Å². The van der Waals surface area contributed by atoms with Gasteiger partial charge in [0.1, 0.15) is 12.0 Å². The highest BCUT2D eigenvalue weighted by molar-refractivity contribution is 5.75. The minimum atomic E-state index is 0.0503. The molecule has 5 nitrogen and oxygen atoms in total. The fraction of sp³-hybridized carbons (Fsp3) is 0.714. The molecule has 1 heterocycles. The summed E-state index contributed by atoms with van der Waals surface area (Å²) in [4.78, 5) is 11.8. The van der Waals surface area contributed by atoms with Gasteiger partial charge in [0, 0.05) is 12.5 Å². The molecule has 0 saturated heterocycles. The van der Waals surface area contributed by atoms with Crippen LogP contribution in [0.5, 0.6) is 0 Å². The molecule has 1 atom stereocenters. The maximum atomic E-state index is 11.8. The molecule has 0 spiro atoms. The van der Waals surface area contributed by atoms with E-state index in [9.17, 15) is 4.79 Å². The van der Waals surface area contributed by atoms with E-state index in [4.69, 9.17) is 10.3 Å². The number of nitrogens with zero attached hydrogens (tertiary/aromatic N) is 1. The van der Waals surface area contributed by atoms with E-state index in [1.54, 1.807) is 6.07 Å². The third-order valence-corrected chi connectivity index (χ3v) is 3.42. The summed E-state index contributed by atoms with van der Waals surface area (Å²) < 4.78 is 4.71. The number of nitrogens with one attached hydrogen (secondary N) is 1. The van der Waals surface area contributed by atoms with Crippen LogP contribution in [-0.2, 0) is 11.3 Å². The number of carbonyl (C=O) groups excluding carboxylic acids is 1. The Morgan fingerprint density at radius 3 is 2.74 bits per heavy atom. The van der Waals surface area contributed by atoms with Gasteiger partial charge in [-0.05, 0) is 30.7 Å². The smallest absolute Gasteiger partial charge is 0.220 e. The van der Waals surface area contributed by atoms with Gasteiger partial charge in [-0.2, -0.15) is 0 Å². The van der Waals surface area contributed by atoms with Gasteiger partial charge in [0.05, 0.1) is 6.54 Å². The average molecular weight is 267 g/mol. The lowest BCUT2D eigenvalue weighted by Crippen LogP contribution is -2.27. The van der Waals surface area contributed by atoms with Crippen molar-refractivity contribution in [2.45, 2.75) is 46.6 Å². The lowest BCUT2D eigenvalue weighted by atomic mass is 9.76. The first-order valence-corrected chi connectivity index (χ1v) is 6.79. The van der Waals surface area contributed by atoms with Crippen LogP contribution in [0.3, 0.4) is 0 Å². The molecule has 108 valence electrons. The van der Waals surface area contributed by atoms with E-state index in [2.05, 4.69) is 31.2 Å².